The highest BCUT2D eigenvalue weighted by Gasteiger charge is 2.29. The maximum Gasteiger partial charge on any atom is 0.491 e. The van der Waals surface area contributed by atoms with Crippen molar-refractivity contribution in [2.45, 2.75) is 13.2 Å². The fraction of sp³-hybridized carbons (Fsp3) is 0.250. The largest absolute Gasteiger partial charge is 0.491 e. The van der Waals surface area contributed by atoms with Crippen LogP contribution in [0.2, 0.25) is 0 Å². The van der Waals surface area contributed by atoms with Gasteiger partial charge in [0, 0.05) is 5.56 Å². The van der Waals surface area contributed by atoms with Crippen molar-refractivity contribution in [2.75, 3.05) is 0 Å². The van der Waals surface area contributed by atoms with E-state index in [-0.39, 0.29) is 13.2 Å². The molecule has 1 aliphatic heterocycles. The molecule has 1 aliphatic rings. The maximum absolute atomic E-state index is 13.2. The van der Waals surface area contributed by atoms with Crippen LogP contribution in [-0.2, 0) is 17.9 Å². The maximum atomic E-state index is 13.2. The zero-order valence-corrected chi connectivity index (χ0v) is 6.83. The Labute approximate surface area is 74.9 Å². The van der Waals surface area contributed by atoms with E-state index in [1.807, 2.05) is 0 Å². The molecule has 0 saturated heterocycles. The highest BCUT2D eigenvalue weighted by atomic mass is 19.1. The van der Waals surface area contributed by atoms with Crippen LogP contribution in [0.1, 0.15) is 11.1 Å². The molecule has 0 saturated carbocycles. The average Bonchev–Trinajstić information content (AvgIpc) is 2.48. The van der Waals surface area contributed by atoms with Crippen molar-refractivity contribution in [2.24, 2.45) is 0 Å². The summed E-state index contributed by atoms with van der Waals surface area (Å²) in [7, 11) is -1.06. The van der Waals surface area contributed by atoms with Gasteiger partial charge < -0.3 is 14.8 Å². The van der Waals surface area contributed by atoms with Crippen LogP contribution < -0.4 is 5.46 Å². The van der Waals surface area contributed by atoms with E-state index < -0.39 is 12.9 Å². The summed E-state index contributed by atoms with van der Waals surface area (Å²) >= 11 is 0. The summed E-state index contributed by atoms with van der Waals surface area (Å²) in [6.07, 6.45) is 0. The molecule has 0 aliphatic carbocycles. The fourth-order valence-corrected chi connectivity index (χ4v) is 1.43. The first-order valence-electron chi connectivity index (χ1n) is 3.94. The lowest BCUT2D eigenvalue weighted by atomic mass is 9.78. The minimum Gasteiger partial charge on any atom is -0.423 e. The smallest absolute Gasteiger partial charge is 0.423 e. The van der Waals surface area contributed by atoms with Gasteiger partial charge in [-0.25, -0.2) is 4.39 Å². The second-order valence-electron chi connectivity index (χ2n) is 2.97. The van der Waals surface area contributed by atoms with Gasteiger partial charge in [0.1, 0.15) is 5.82 Å². The lowest BCUT2D eigenvalue weighted by Gasteiger charge is -2.02. The third-order valence-electron chi connectivity index (χ3n) is 2.12. The third kappa shape index (κ3) is 1.35. The van der Waals surface area contributed by atoms with E-state index in [0.29, 0.717) is 16.6 Å². The Bertz CT molecular complexity index is 342. The van der Waals surface area contributed by atoms with Crippen LogP contribution >= 0.6 is 0 Å². The van der Waals surface area contributed by atoms with Crippen molar-refractivity contribution < 1.29 is 19.2 Å². The van der Waals surface area contributed by atoms with Crippen LogP contribution in [0.3, 0.4) is 0 Å². The molecule has 0 aromatic heterocycles. The molecular weight excluding hydrogens is 174 g/mol. The first-order valence-corrected chi connectivity index (χ1v) is 3.94. The van der Waals surface area contributed by atoms with Crippen LogP contribution in [0, 0.1) is 5.82 Å². The minimum atomic E-state index is -1.06. The molecule has 5 heteroatoms. The van der Waals surface area contributed by atoms with Crippen LogP contribution in [0.25, 0.3) is 0 Å². The summed E-state index contributed by atoms with van der Waals surface area (Å²) in [4.78, 5) is 0. The zero-order chi connectivity index (χ0) is 9.42. The van der Waals surface area contributed by atoms with E-state index in [9.17, 15) is 9.41 Å². The number of benzene rings is 1. The van der Waals surface area contributed by atoms with E-state index in [1.165, 1.54) is 6.07 Å². The van der Waals surface area contributed by atoms with Crippen LogP contribution in [0.4, 0.5) is 4.39 Å². The molecule has 68 valence electrons. The van der Waals surface area contributed by atoms with Crippen molar-refractivity contribution >= 4 is 12.6 Å². The number of fused-ring (bicyclic) bond motifs is 1. The van der Waals surface area contributed by atoms with Crippen molar-refractivity contribution in [3.05, 3.63) is 29.1 Å². The number of aliphatic hydroxyl groups is 1. The molecule has 2 rings (SSSR count). The van der Waals surface area contributed by atoms with Gasteiger partial charge in [0.25, 0.3) is 0 Å². The number of hydrogen-bond donors (Lipinski definition) is 2. The Morgan fingerprint density at radius 3 is 3.00 bits per heavy atom. The zero-order valence-electron chi connectivity index (χ0n) is 6.83. The van der Waals surface area contributed by atoms with Gasteiger partial charge in [0.2, 0.25) is 0 Å². The molecule has 0 spiro atoms. The number of hydrogen-bond acceptors (Lipinski definition) is 3. The summed E-state index contributed by atoms with van der Waals surface area (Å²) in [5, 5.41) is 18.0. The molecule has 1 aromatic rings. The van der Waals surface area contributed by atoms with Crippen LogP contribution in [-0.4, -0.2) is 17.2 Å². The van der Waals surface area contributed by atoms with Gasteiger partial charge in [-0.05, 0) is 17.1 Å². The Balaban J connectivity index is 2.53. The highest BCUT2D eigenvalue weighted by Crippen LogP contribution is 2.15. The summed E-state index contributed by atoms with van der Waals surface area (Å²) in [5.41, 5.74) is 1.24. The molecule has 0 atom stereocenters. The lowest BCUT2D eigenvalue weighted by Crippen LogP contribution is -2.28. The SMILES string of the molecule is OCc1cc(F)c2c(c1)B(O)OC2. The summed E-state index contributed by atoms with van der Waals surface area (Å²) in [6, 6.07) is 2.80. The van der Waals surface area contributed by atoms with Crippen LogP contribution in [0.5, 0.6) is 0 Å². The van der Waals surface area contributed by atoms with E-state index >= 15 is 0 Å². The van der Waals surface area contributed by atoms with E-state index in [4.69, 9.17) is 9.76 Å². The molecule has 13 heavy (non-hydrogen) atoms. The quantitative estimate of drug-likeness (QED) is 0.577. The molecule has 0 unspecified atom stereocenters. The van der Waals surface area contributed by atoms with Crippen molar-refractivity contribution in [1.29, 1.82) is 0 Å². The Hall–Kier alpha value is -0.905. The van der Waals surface area contributed by atoms with Gasteiger partial charge in [-0.2, -0.15) is 0 Å². The molecule has 3 nitrogen and oxygen atoms in total. The lowest BCUT2D eigenvalue weighted by molar-refractivity contribution is 0.272. The molecule has 0 bridgehead atoms. The standard InChI is InChI=1S/C8H8BFO3/c10-8-2-5(3-11)1-7-6(8)4-13-9(7)12/h1-2,11-12H,3-4H2. The van der Waals surface area contributed by atoms with E-state index in [0.717, 1.165) is 0 Å². The topological polar surface area (TPSA) is 49.7 Å². The summed E-state index contributed by atoms with van der Waals surface area (Å²) in [6.45, 7) is -0.148. The second kappa shape index (κ2) is 3.10. The Morgan fingerprint density at radius 2 is 2.31 bits per heavy atom. The van der Waals surface area contributed by atoms with Crippen molar-refractivity contribution in [3.8, 4) is 0 Å². The molecule has 0 amide bonds. The highest BCUT2D eigenvalue weighted by molar-refractivity contribution is 6.61. The molecule has 2 N–H and O–H groups in total. The molecular formula is C8H8BFO3. The van der Waals surface area contributed by atoms with Crippen LogP contribution in [0.15, 0.2) is 12.1 Å². The fourth-order valence-electron chi connectivity index (χ4n) is 1.43. The number of aliphatic hydroxyl groups excluding tert-OH is 1. The summed E-state index contributed by atoms with van der Waals surface area (Å²) in [5.74, 6) is -0.432. The predicted octanol–water partition coefficient (Wildman–Crippen LogP) is -0.464. The Kier molecular flexibility index (Phi) is 2.07. The number of halogens is 1. The third-order valence-corrected chi connectivity index (χ3v) is 2.12. The van der Waals surface area contributed by atoms with Gasteiger partial charge in [-0.3, -0.25) is 0 Å². The van der Waals surface area contributed by atoms with E-state index in [2.05, 4.69) is 0 Å². The van der Waals surface area contributed by atoms with Crippen molar-refractivity contribution in [1.82, 2.24) is 0 Å². The Morgan fingerprint density at radius 1 is 1.54 bits per heavy atom. The molecule has 0 fully saturated rings. The normalized spacial score (nSPS) is 14.8. The molecule has 1 heterocycles. The number of rotatable bonds is 1. The van der Waals surface area contributed by atoms with E-state index in [1.54, 1.807) is 6.07 Å². The monoisotopic (exact) mass is 182 g/mol. The first-order chi connectivity index (χ1) is 6.22. The van der Waals surface area contributed by atoms with Crippen molar-refractivity contribution in [3.63, 3.8) is 0 Å². The first kappa shape index (κ1) is 8.68. The van der Waals surface area contributed by atoms with Gasteiger partial charge in [0.05, 0.1) is 13.2 Å². The predicted molar refractivity (Wildman–Crippen MR) is 44.7 cm³/mol. The minimum absolute atomic E-state index is 0.0913. The van der Waals surface area contributed by atoms with Gasteiger partial charge in [-0.1, -0.05) is 6.07 Å². The molecule has 0 radical (unpaired) electrons. The summed E-state index contributed by atoms with van der Waals surface area (Å²) < 4.78 is 18.0. The van der Waals surface area contributed by atoms with Gasteiger partial charge >= 0.3 is 7.12 Å². The van der Waals surface area contributed by atoms with Gasteiger partial charge in [-0.15, -0.1) is 0 Å². The second-order valence-corrected chi connectivity index (χ2v) is 2.97. The van der Waals surface area contributed by atoms with Gasteiger partial charge in [0.15, 0.2) is 0 Å². The molecule has 1 aromatic carbocycles. The average molecular weight is 182 g/mol.